The third kappa shape index (κ3) is 5.18. The van der Waals surface area contributed by atoms with Gasteiger partial charge in [0.15, 0.2) is 0 Å². The van der Waals surface area contributed by atoms with Gasteiger partial charge in [-0.2, -0.15) is 0 Å². The minimum Gasteiger partial charge on any atom is -0.481 e. The third-order valence-electron chi connectivity index (χ3n) is 6.71. The van der Waals surface area contributed by atoms with Crippen LogP contribution >= 0.6 is 0 Å². The molecule has 0 aliphatic heterocycles. The number of hydrogen-bond acceptors (Lipinski definition) is 4. The van der Waals surface area contributed by atoms with Crippen LogP contribution in [0.25, 0.3) is 11.1 Å². The van der Waals surface area contributed by atoms with Crippen molar-refractivity contribution in [2.45, 2.75) is 44.6 Å². The van der Waals surface area contributed by atoms with E-state index in [0.29, 0.717) is 12.8 Å². The zero-order chi connectivity index (χ0) is 23.4. The quantitative estimate of drug-likeness (QED) is 0.593. The standard InChI is InChI=1S/C26H30N2O5/c1-16(24(29)28-18-8-6-7-17(13-18)25(30)31)14-27-26(32)33-15-23-21-11-4-2-9-19(21)20-10-3-5-12-22(20)23/h2-5,9-12,16-18,23H,6-8,13-15H2,1H3,(H,27,32)(H,28,29)(H,30,31). The Morgan fingerprint density at radius 1 is 1.03 bits per heavy atom. The van der Waals surface area contributed by atoms with Gasteiger partial charge in [-0.1, -0.05) is 61.9 Å². The van der Waals surface area contributed by atoms with Crippen molar-refractivity contribution in [3.8, 4) is 11.1 Å². The minimum absolute atomic E-state index is 0.0163. The van der Waals surface area contributed by atoms with Gasteiger partial charge in [0.2, 0.25) is 5.91 Å². The Labute approximate surface area is 193 Å². The van der Waals surface area contributed by atoms with Crippen molar-refractivity contribution >= 4 is 18.0 Å². The van der Waals surface area contributed by atoms with Crippen LogP contribution in [-0.2, 0) is 14.3 Å². The normalized spacial score (nSPS) is 20.3. The maximum Gasteiger partial charge on any atom is 0.407 e. The lowest BCUT2D eigenvalue weighted by atomic mass is 9.85. The van der Waals surface area contributed by atoms with Crippen molar-refractivity contribution in [3.05, 3.63) is 59.7 Å². The van der Waals surface area contributed by atoms with Crippen LogP contribution in [0.5, 0.6) is 0 Å². The largest absolute Gasteiger partial charge is 0.481 e. The smallest absolute Gasteiger partial charge is 0.407 e. The third-order valence-corrected chi connectivity index (χ3v) is 6.71. The highest BCUT2D eigenvalue weighted by Gasteiger charge is 2.30. The van der Waals surface area contributed by atoms with Gasteiger partial charge in [-0.15, -0.1) is 0 Å². The lowest BCUT2D eigenvalue weighted by Crippen LogP contribution is -2.44. The molecule has 0 aromatic heterocycles. The predicted octanol–water partition coefficient (Wildman–Crippen LogP) is 3.92. The lowest BCUT2D eigenvalue weighted by molar-refractivity contribution is -0.143. The molecule has 1 fully saturated rings. The number of carbonyl (C=O) groups excluding carboxylic acids is 2. The molecule has 0 radical (unpaired) electrons. The Morgan fingerprint density at radius 3 is 2.30 bits per heavy atom. The summed E-state index contributed by atoms with van der Waals surface area (Å²) < 4.78 is 5.51. The SMILES string of the molecule is CC(CNC(=O)OCC1c2ccccc2-c2ccccc21)C(=O)NC1CCCC(C(=O)O)C1. The van der Waals surface area contributed by atoms with Gasteiger partial charge in [-0.25, -0.2) is 4.79 Å². The molecule has 3 unspecified atom stereocenters. The van der Waals surface area contributed by atoms with Crippen LogP contribution in [0.1, 0.15) is 49.7 Å². The molecule has 0 heterocycles. The van der Waals surface area contributed by atoms with E-state index < -0.39 is 23.9 Å². The fraction of sp³-hybridized carbons (Fsp3) is 0.423. The van der Waals surface area contributed by atoms with Crippen LogP contribution in [0.3, 0.4) is 0 Å². The molecule has 3 N–H and O–H groups in total. The highest BCUT2D eigenvalue weighted by molar-refractivity contribution is 5.80. The maximum absolute atomic E-state index is 12.5. The van der Waals surface area contributed by atoms with Crippen molar-refractivity contribution in [1.82, 2.24) is 10.6 Å². The monoisotopic (exact) mass is 450 g/mol. The van der Waals surface area contributed by atoms with Gasteiger partial charge in [-0.3, -0.25) is 9.59 Å². The van der Waals surface area contributed by atoms with E-state index in [-0.39, 0.29) is 31.0 Å². The van der Waals surface area contributed by atoms with Gasteiger partial charge >= 0.3 is 12.1 Å². The number of fused-ring (bicyclic) bond motifs is 3. The number of carboxylic acids is 1. The molecule has 2 aliphatic carbocycles. The molecule has 7 heteroatoms. The molecule has 2 amide bonds. The summed E-state index contributed by atoms with van der Waals surface area (Å²) >= 11 is 0. The summed E-state index contributed by atoms with van der Waals surface area (Å²) in [6.45, 7) is 2.10. The molecular formula is C26H30N2O5. The molecule has 2 aromatic carbocycles. The highest BCUT2D eigenvalue weighted by Crippen LogP contribution is 2.44. The van der Waals surface area contributed by atoms with Crippen molar-refractivity contribution in [3.63, 3.8) is 0 Å². The Hall–Kier alpha value is -3.35. The van der Waals surface area contributed by atoms with E-state index in [1.54, 1.807) is 6.92 Å². The highest BCUT2D eigenvalue weighted by atomic mass is 16.5. The number of alkyl carbamates (subject to hydrolysis) is 1. The van der Waals surface area contributed by atoms with Crippen molar-refractivity contribution in [2.75, 3.05) is 13.2 Å². The molecule has 0 bridgehead atoms. The van der Waals surface area contributed by atoms with Crippen LogP contribution in [-0.4, -0.2) is 42.3 Å². The minimum atomic E-state index is -0.807. The molecule has 2 aromatic rings. The second kappa shape index (κ2) is 10.1. The molecule has 1 saturated carbocycles. The molecule has 7 nitrogen and oxygen atoms in total. The van der Waals surface area contributed by atoms with Gasteiger partial charge in [0.05, 0.1) is 11.8 Å². The second-order valence-electron chi connectivity index (χ2n) is 9.01. The zero-order valence-corrected chi connectivity index (χ0v) is 18.8. The topological polar surface area (TPSA) is 105 Å². The Morgan fingerprint density at radius 2 is 1.67 bits per heavy atom. The van der Waals surface area contributed by atoms with E-state index in [1.807, 2.05) is 24.3 Å². The van der Waals surface area contributed by atoms with Gasteiger partial charge in [0, 0.05) is 18.5 Å². The molecule has 0 saturated heterocycles. The molecular weight excluding hydrogens is 420 g/mol. The number of carbonyl (C=O) groups is 3. The maximum atomic E-state index is 12.5. The number of amides is 2. The van der Waals surface area contributed by atoms with E-state index >= 15 is 0 Å². The Kier molecular flexibility index (Phi) is 6.96. The summed E-state index contributed by atoms with van der Waals surface area (Å²) in [5.41, 5.74) is 4.62. The second-order valence-corrected chi connectivity index (χ2v) is 9.01. The fourth-order valence-electron chi connectivity index (χ4n) is 4.87. The number of hydrogen-bond donors (Lipinski definition) is 3. The van der Waals surface area contributed by atoms with Gasteiger partial charge < -0.3 is 20.5 Å². The summed E-state index contributed by atoms with van der Waals surface area (Å²) in [6, 6.07) is 16.1. The first-order chi connectivity index (χ1) is 15.9. The van der Waals surface area contributed by atoms with Crippen LogP contribution in [0, 0.1) is 11.8 Å². The van der Waals surface area contributed by atoms with E-state index in [1.165, 1.54) is 11.1 Å². The van der Waals surface area contributed by atoms with Gasteiger partial charge in [0.25, 0.3) is 0 Å². The Bertz CT molecular complexity index is 991. The van der Waals surface area contributed by atoms with Crippen molar-refractivity contribution < 1.29 is 24.2 Å². The number of benzene rings is 2. The summed E-state index contributed by atoms with van der Waals surface area (Å²) in [6.07, 6.45) is 2.12. The Balaban J connectivity index is 1.25. The van der Waals surface area contributed by atoms with E-state index in [9.17, 15) is 19.5 Å². The first kappa shape index (κ1) is 22.8. The van der Waals surface area contributed by atoms with Crippen LogP contribution < -0.4 is 10.6 Å². The molecule has 2 aliphatic rings. The predicted molar refractivity (Wildman–Crippen MR) is 124 cm³/mol. The van der Waals surface area contributed by atoms with Crippen LogP contribution in [0.15, 0.2) is 48.5 Å². The summed E-state index contributed by atoms with van der Waals surface area (Å²) in [4.78, 5) is 36.0. The average Bonchev–Trinajstić information content (AvgIpc) is 3.15. The summed E-state index contributed by atoms with van der Waals surface area (Å²) in [7, 11) is 0. The molecule has 3 atom stereocenters. The number of ether oxygens (including phenoxy) is 1. The van der Waals surface area contributed by atoms with E-state index in [4.69, 9.17) is 4.74 Å². The molecule has 33 heavy (non-hydrogen) atoms. The number of carboxylic acid groups (broad SMARTS) is 1. The van der Waals surface area contributed by atoms with Crippen molar-refractivity contribution in [2.24, 2.45) is 11.8 Å². The zero-order valence-electron chi connectivity index (χ0n) is 18.8. The van der Waals surface area contributed by atoms with E-state index in [0.717, 1.165) is 24.0 Å². The van der Waals surface area contributed by atoms with E-state index in [2.05, 4.69) is 34.9 Å². The fourth-order valence-corrected chi connectivity index (χ4v) is 4.87. The average molecular weight is 451 g/mol. The van der Waals surface area contributed by atoms with Crippen LogP contribution in [0.2, 0.25) is 0 Å². The van der Waals surface area contributed by atoms with Gasteiger partial charge in [0.1, 0.15) is 6.61 Å². The molecule has 0 spiro atoms. The number of rotatable bonds is 7. The number of nitrogens with one attached hydrogen (secondary N) is 2. The summed E-state index contributed by atoms with van der Waals surface area (Å²) in [5, 5.41) is 14.8. The summed E-state index contributed by atoms with van der Waals surface area (Å²) in [5.74, 6) is -1.87. The van der Waals surface area contributed by atoms with Gasteiger partial charge in [-0.05, 0) is 41.5 Å². The molecule has 174 valence electrons. The number of aliphatic carboxylic acids is 1. The first-order valence-electron chi connectivity index (χ1n) is 11.6. The first-order valence-corrected chi connectivity index (χ1v) is 11.6. The van der Waals surface area contributed by atoms with Crippen LogP contribution in [0.4, 0.5) is 4.79 Å². The molecule has 4 rings (SSSR count). The van der Waals surface area contributed by atoms with Crippen molar-refractivity contribution in [1.29, 1.82) is 0 Å². The lowest BCUT2D eigenvalue weighted by Gasteiger charge is -2.28.